The molecule has 26 heavy (non-hydrogen) atoms. The minimum absolute atomic E-state index is 0.213. The topological polar surface area (TPSA) is 99.9 Å². The average Bonchev–Trinajstić information content (AvgIpc) is 3.19. The van der Waals surface area contributed by atoms with E-state index in [2.05, 4.69) is 9.98 Å². The highest BCUT2D eigenvalue weighted by atomic mass is 16.5. The zero-order chi connectivity index (χ0) is 18.1. The fourth-order valence-corrected chi connectivity index (χ4v) is 3.08. The summed E-state index contributed by atoms with van der Waals surface area (Å²) in [5.41, 5.74) is 2.26. The van der Waals surface area contributed by atoms with E-state index < -0.39 is 5.69 Å². The Bertz CT molecular complexity index is 964. The molecule has 0 unspecified atom stereocenters. The number of allylic oxidation sites excluding steroid dienone is 1. The van der Waals surface area contributed by atoms with Gasteiger partial charge in [-0.2, -0.15) is 0 Å². The molecule has 0 spiro atoms. The molecule has 8 nitrogen and oxygen atoms in total. The Hall–Kier alpha value is -3.13. The van der Waals surface area contributed by atoms with Crippen LogP contribution in [0, 0.1) is 0 Å². The molecule has 0 radical (unpaired) electrons. The summed E-state index contributed by atoms with van der Waals surface area (Å²) in [7, 11) is 0. The second-order valence-electron chi connectivity index (χ2n) is 6.12. The average molecular weight is 354 g/mol. The van der Waals surface area contributed by atoms with E-state index in [-0.39, 0.29) is 24.0 Å². The van der Waals surface area contributed by atoms with Crippen molar-refractivity contribution in [1.82, 2.24) is 14.5 Å². The van der Waals surface area contributed by atoms with E-state index in [0.29, 0.717) is 26.3 Å². The molecule has 0 atom stereocenters. The summed E-state index contributed by atoms with van der Waals surface area (Å²) in [5, 5.41) is 10.4. The number of aromatic nitrogens is 2. The van der Waals surface area contributed by atoms with Crippen molar-refractivity contribution in [2.45, 2.75) is 6.54 Å². The Morgan fingerprint density at radius 1 is 1.31 bits per heavy atom. The van der Waals surface area contributed by atoms with Gasteiger partial charge < -0.3 is 19.7 Å². The van der Waals surface area contributed by atoms with Crippen LogP contribution in [0.1, 0.15) is 11.3 Å². The standard InChI is InChI=1S/C18H18N4O4/c23-16(21-5-7-26-8-6-21)11-22-17(24)15(20-18(22)25)9-12-10-19-14-4-2-1-3-13(12)14/h1-4,9-10,24H,5-8,11H2,(H,20,25)/b12-9-. The van der Waals surface area contributed by atoms with Crippen LogP contribution in [0.15, 0.2) is 34.1 Å². The van der Waals surface area contributed by atoms with Gasteiger partial charge in [0.1, 0.15) is 12.2 Å². The van der Waals surface area contributed by atoms with Gasteiger partial charge >= 0.3 is 5.69 Å². The van der Waals surface area contributed by atoms with E-state index in [1.165, 1.54) is 0 Å². The highest BCUT2D eigenvalue weighted by Gasteiger charge is 2.21. The lowest BCUT2D eigenvalue weighted by molar-refractivity contribution is -0.136. The van der Waals surface area contributed by atoms with Crippen molar-refractivity contribution in [2.75, 3.05) is 26.3 Å². The lowest BCUT2D eigenvalue weighted by atomic mass is 10.1. The number of morpholine rings is 1. The molecule has 1 saturated heterocycles. The molecule has 2 N–H and O–H groups in total. The number of H-pyrrole nitrogens is 1. The van der Waals surface area contributed by atoms with Crippen molar-refractivity contribution in [3.8, 4) is 5.88 Å². The van der Waals surface area contributed by atoms with Crippen LogP contribution in [0.4, 0.5) is 5.69 Å². The molecule has 2 aliphatic heterocycles. The van der Waals surface area contributed by atoms with Gasteiger partial charge in [-0.15, -0.1) is 0 Å². The van der Waals surface area contributed by atoms with Crippen LogP contribution in [0.3, 0.4) is 0 Å². The van der Waals surface area contributed by atoms with Crippen molar-refractivity contribution < 1.29 is 14.6 Å². The summed E-state index contributed by atoms with van der Waals surface area (Å²) in [6.07, 6.45) is 3.33. The largest absolute Gasteiger partial charge is 0.493 e. The lowest BCUT2D eigenvalue weighted by Crippen LogP contribution is -2.43. The fourth-order valence-electron chi connectivity index (χ4n) is 3.08. The molecule has 3 heterocycles. The molecule has 1 fully saturated rings. The first-order valence-corrected chi connectivity index (χ1v) is 8.36. The summed E-state index contributed by atoms with van der Waals surface area (Å²) < 4.78 is 6.26. The zero-order valence-electron chi connectivity index (χ0n) is 14.0. The molecule has 0 aliphatic carbocycles. The van der Waals surface area contributed by atoms with Crippen molar-refractivity contribution in [2.24, 2.45) is 4.99 Å². The predicted octanol–water partition coefficient (Wildman–Crippen LogP) is 0.997. The van der Waals surface area contributed by atoms with E-state index in [4.69, 9.17) is 4.74 Å². The number of hydrogen-bond donors (Lipinski definition) is 2. The maximum atomic E-state index is 12.3. The molecule has 2 aliphatic rings. The minimum Gasteiger partial charge on any atom is -0.493 e. The summed E-state index contributed by atoms with van der Waals surface area (Å²) in [5.74, 6) is -0.487. The number of carbonyl (C=O) groups is 1. The third kappa shape index (κ3) is 2.95. The molecule has 2 aromatic rings. The Kier molecular flexibility index (Phi) is 4.18. The second-order valence-corrected chi connectivity index (χ2v) is 6.12. The Labute approximate surface area is 149 Å². The Balaban J connectivity index is 1.60. The zero-order valence-corrected chi connectivity index (χ0v) is 14.0. The molecular formula is C18H18N4O4. The van der Waals surface area contributed by atoms with Crippen LogP contribution >= 0.6 is 0 Å². The number of imidazole rings is 1. The lowest BCUT2D eigenvalue weighted by Gasteiger charge is -2.26. The molecule has 1 aromatic carbocycles. The van der Waals surface area contributed by atoms with Crippen LogP contribution in [-0.2, 0) is 16.1 Å². The molecule has 1 aromatic heterocycles. The van der Waals surface area contributed by atoms with Crippen LogP contribution in [0.25, 0.3) is 11.6 Å². The molecule has 4 rings (SSSR count). The van der Waals surface area contributed by atoms with Gasteiger partial charge in [-0.1, -0.05) is 18.2 Å². The molecule has 0 saturated carbocycles. The Morgan fingerprint density at radius 2 is 2.08 bits per heavy atom. The number of aromatic amines is 1. The summed E-state index contributed by atoms with van der Waals surface area (Å²) in [6.45, 7) is 1.73. The first-order valence-electron chi connectivity index (χ1n) is 8.36. The maximum Gasteiger partial charge on any atom is 0.329 e. The second kappa shape index (κ2) is 6.64. The number of nitrogens with one attached hydrogen (secondary N) is 1. The Morgan fingerprint density at radius 3 is 2.88 bits per heavy atom. The van der Waals surface area contributed by atoms with Crippen molar-refractivity contribution >= 4 is 29.5 Å². The number of fused-ring (bicyclic) bond motifs is 1. The van der Waals surface area contributed by atoms with Crippen LogP contribution < -0.4 is 5.69 Å². The molecule has 134 valence electrons. The van der Waals surface area contributed by atoms with Gasteiger partial charge in [-0.3, -0.25) is 14.4 Å². The van der Waals surface area contributed by atoms with E-state index in [1.54, 1.807) is 17.2 Å². The third-order valence-electron chi connectivity index (χ3n) is 4.50. The van der Waals surface area contributed by atoms with Gasteiger partial charge in [-0.25, -0.2) is 4.79 Å². The number of aromatic hydroxyl groups is 1. The predicted molar refractivity (Wildman–Crippen MR) is 96.6 cm³/mol. The smallest absolute Gasteiger partial charge is 0.329 e. The fraction of sp³-hybridized carbons (Fsp3) is 0.278. The van der Waals surface area contributed by atoms with Gasteiger partial charge in [0, 0.05) is 30.4 Å². The van der Waals surface area contributed by atoms with Crippen LogP contribution in [0.5, 0.6) is 5.88 Å². The number of rotatable bonds is 3. The monoisotopic (exact) mass is 354 g/mol. The maximum absolute atomic E-state index is 12.3. The summed E-state index contributed by atoms with van der Waals surface area (Å²) in [6, 6.07) is 7.60. The minimum atomic E-state index is -0.529. The van der Waals surface area contributed by atoms with Gasteiger partial charge in [-0.05, 0) is 12.1 Å². The van der Waals surface area contributed by atoms with E-state index in [1.807, 2.05) is 24.3 Å². The number of amides is 1. The first kappa shape index (κ1) is 16.3. The third-order valence-corrected chi connectivity index (χ3v) is 4.50. The highest BCUT2D eigenvalue weighted by molar-refractivity contribution is 6.21. The van der Waals surface area contributed by atoms with Gasteiger partial charge in [0.05, 0.1) is 18.9 Å². The molecular weight excluding hydrogens is 336 g/mol. The highest BCUT2D eigenvalue weighted by Crippen LogP contribution is 2.32. The number of benzene rings is 1. The summed E-state index contributed by atoms with van der Waals surface area (Å²) in [4.78, 5) is 33.1. The number of carbonyl (C=O) groups excluding carboxylic acids is 1. The number of hydrogen-bond acceptors (Lipinski definition) is 5. The number of para-hydroxylation sites is 1. The SMILES string of the molecule is O=C(Cn1c(O)c(/C=C2/C=Nc3ccccc32)[nH]c1=O)N1CCOCC1. The van der Waals surface area contributed by atoms with Crippen molar-refractivity contribution in [1.29, 1.82) is 0 Å². The number of aliphatic imine (C=N–C) groups is 1. The quantitative estimate of drug-likeness (QED) is 0.859. The van der Waals surface area contributed by atoms with Crippen LogP contribution in [-0.4, -0.2) is 58.0 Å². The number of nitrogens with zero attached hydrogens (tertiary/aromatic N) is 3. The number of ether oxygens (including phenoxy) is 1. The normalized spacial score (nSPS) is 17.7. The van der Waals surface area contributed by atoms with Gasteiger partial charge in [0.25, 0.3) is 0 Å². The van der Waals surface area contributed by atoms with Crippen molar-refractivity contribution in [3.63, 3.8) is 0 Å². The summed E-state index contributed by atoms with van der Waals surface area (Å²) >= 11 is 0. The molecule has 8 heteroatoms. The molecule has 0 bridgehead atoms. The van der Waals surface area contributed by atoms with Crippen molar-refractivity contribution in [3.05, 3.63) is 46.0 Å². The van der Waals surface area contributed by atoms with E-state index >= 15 is 0 Å². The van der Waals surface area contributed by atoms with Gasteiger partial charge in [0.2, 0.25) is 11.8 Å². The van der Waals surface area contributed by atoms with Gasteiger partial charge in [0.15, 0.2) is 0 Å². The first-order chi connectivity index (χ1) is 12.6. The van der Waals surface area contributed by atoms with Crippen LogP contribution in [0.2, 0.25) is 0 Å². The van der Waals surface area contributed by atoms with E-state index in [0.717, 1.165) is 21.4 Å². The molecule has 1 amide bonds. The van der Waals surface area contributed by atoms with E-state index in [9.17, 15) is 14.7 Å².